The summed E-state index contributed by atoms with van der Waals surface area (Å²) in [5.41, 5.74) is 5.70. The van der Waals surface area contributed by atoms with Crippen molar-refractivity contribution in [3.63, 3.8) is 0 Å². The summed E-state index contributed by atoms with van der Waals surface area (Å²) in [6, 6.07) is 9.23. The first kappa shape index (κ1) is 25.2. The van der Waals surface area contributed by atoms with Gasteiger partial charge in [-0.15, -0.1) is 5.10 Å². The third kappa shape index (κ3) is 6.14. The van der Waals surface area contributed by atoms with Crippen LogP contribution in [0.15, 0.2) is 45.1 Å². The lowest BCUT2D eigenvalue weighted by molar-refractivity contribution is -0.116. The highest BCUT2D eigenvalue weighted by Crippen LogP contribution is 2.22. The predicted octanol–water partition coefficient (Wildman–Crippen LogP) is 1.57. The standard InChI is InChI=1S/C22H29N7O4S/c1-14(2)19-24-21(27-26-19)34-13-16(30)28(10-7-11-33-3)17-18(23)29(22(32)25-20(17)31)12-15-8-5-4-6-9-15/h4-6,8-9,14H,7,10-13,23H2,1-3H3,(H,24,26,27)(H,25,31,32). The van der Waals surface area contributed by atoms with Crippen LogP contribution in [0.3, 0.4) is 0 Å². The highest BCUT2D eigenvalue weighted by Gasteiger charge is 2.24. The number of carbonyl (C=O) groups is 1. The molecule has 1 amide bonds. The van der Waals surface area contributed by atoms with Gasteiger partial charge in [0.15, 0.2) is 5.69 Å². The van der Waals surface area contributed by atoms with E-state index in [9.17, 15) is 14.4 Å². The van der Waals surface area contributed by atoms with Crippen LogP contribution in [0.5, 0.6) is 0 Å². The van der Waals surface area contributed by atoms with Crippen molar-refractivity contribution in [2.24, 2.45) is 0 Å². The molecule has 1 aromatic carbocycles. The molecule has 34 heavy (non-hydrogen) atoms. The Hall–Kier alpha value is -3.38. The zero-order valence-electron chi connectivity index (χ0n) is 19.4. The van der Waals surface area contributed by atoms with E-state index in [0.29, 0.717) is 18.2 Å². The molecule has 3 aromatic rings. The maximum atomic E-state index is 13.2. The summed E-state index contributed by atoms with van der Waals surface area (Å²) in [7, 11) is 1.55. The van der Waals surface area contributed by atoms with E-state index < -0.39 is 11.2 Å². The van der Waals surface area contributed by atoms with Crippen molar-refractivity contribution < 1.29 is 9.53 Å². The monoisotopic (exact) mass is 487 g/mol. The van der Waals surface area contributed by atoms with Crippen molar-refractivity contribution in [1.29, 1.82) is 0 Å². The highest BCUT2D eigenvalue weighted by molar-refractivity contribution is 7.99. The second-order valence-corrected chi connectivity index (χ2v) is 8.85. The van der Waals surface area contributed by atoms with E-state index in [0.717, 1.165) is 23.1 Å². The molecule has 3 rings (SSSR count). The van der Waals surface area contributed by atoms with Crippen LogP contribution in [0.25, 0.3) is 0 Å². The van der Waals surface area contributed by atoms with Crippen molar-refractivity contribution in [3.05, 3.63) is 62.6 Å². The van der Waals surface area contributed by atoms with E-state index in [1.54, 1.807) is 7.11 Å². The van der Waals surface area contributed by atoms with Crippen molar-refractivity contribution in [2.75, 3.05) is 36.6 Å². The van der Waals surface area contributed by atoms with E-state index in [4.69, 9.17) is 10.5 Å². The molecule has 0 saturated heterocycles. The smallest absolute Gasteiger partial charge is 0.330 e. The molecule has 0 aliphatic carbocycles. The van der Waals surface area contributed by atoms with Crippen LogP contribution < -0.4 is 21.9 Å². The molecule has 0 fully saturated rings. The molecule has 0 aliphatic heterocycles. The molecule has 2 aromatic heterocycles. The zero-order valence-corrected chi connectivity index (χ0v) is 20.2. The third-order valence-corrected chi connectivity index (χ3v) is 5.88. The molecular formula is C22H29N7O4S. The summed E-state index contributed by atoms with van der Waals surface area (Å²) in [5, 5.41) is 7.41. The Morgan fingerprint density at radius 1 is 1.26 bits per heavy atom. The number of anilines is 2. The molecule has 11 nitrogen and oxygen atoms in total. The molecule has 0 unspecified atom stereocenters. The summed E-state index contributed by atoms with van der Waals surface area (Å²) in [5.74, 6) is 0.444. The number of nitrogen functional groups attached to an aromatic ring is 1. The van der Waals surface area contributed by atoms with E-state index >= 15 is 0 Å². The molecule has 0 bridgehead atoms. The fourth-order valence-electron chi connectivity index (χ4n) is 3.27. The number of aromatic amines is 2. The molecule has 0 atom stereocenters. The van der Waals surface area contributed by atoms with Gasteiger partial charge in [0.1, 0.15) is 11.6 Å². The van der Waals surface area contributed by atoms with Gasteiger partial charge in [0.05, 0.1) is 12.3 Å². The lowest BCUT2D eigenvalue weighted by Crippen LogP contribution is -2.42. The van der Waals surface area contributed by atoms with Crippen molar-refractivity contribution in [2.45, 2.75) is 37.9 Å². The van der Waals surface area contributed by atoms with E-state index in [-0.39, 0.29) is 42.2 Å². The molecule has 4 N–H and O–H groups in total. The molecule has 182 valence electrons. The summed E-state index contributed by atoms with van der Waals surface area (Å²) in [6.45, 7) is 4.69. The molecule has 0 saturated carbocycles. The fourth-order valence-corrected chi connectivity index (χ4v) is 3.96. The maximum absolute atomic E-state index is 13.2. The largest absolute Gasteiger partial charge is 0.385 e. The molecule has 0 spiro atoms. The summed E-state index contributed by atoms with van der Waals surface area (Å²) in [6.07, 6.45) is 0.474. The van der Waals surface area contributed by atoms with Gasteiger partial charge in [-0.3, -0.25) is 24.2 Å². The van der Waals surface area contributed by atoms with Gasteiger partial charge < -0.3 is 15.4 Å². The normalized spacial score (nSPS) is 11.2. The SMILES string of the molecule is COCCCN(C(=O)CSc1n[nH]c(C(C)C)n1)c1c(N)n(Cc2ccccc2)c(=O)[nH]c1=O. The number of hydrogen-bond donors (Lipinski definition) is 3. The minimum absolute atomic E-state index is 0.0148. The van der Waals surface area contributed by atoms with E-state index in [1.165, 1.54) is 9.47 Å². The van der Waals surface area contributed by atoms with Gasteiger partial charge in [-0.1, -0.05) is 55.9 Å². The Labute approximate surface area is 200 Å². The van der Waals surface area contributed by atoms with Crippen LogP contribution in [0.4, 0.5) is 11.5 Å². The first-order chi connectivity index (χ1) is 16.3. The fraction of sp³-hybridized carbons (Fsp3) is 0.409. The number of carbonyl (C=O) groups excluding carboxylic acids is 1. The molecule has 2 heterocycles. The lowest BCUT2D eigenvalue weighted by atomic mass is 10.2. The van der Waals surface area contributed by atoms with Crippen LogP contribution in [0, 0.1) is 0 Å². The Bertz CT molecular complexity index is 1220. The van der Waals surface area contributed by atoms with E-state index in [2.05, 4.69) is 20.2 Å². The Kier molecular flexibility index (Phi) is 8.66. The summed E-state index contributed by atoms with van der Waals surface area (Å²) >= 11 is 1.15. The minimum atomic E-state index is -0.720. The zero-order chi connectivity index (χ0) is 24.7. The molecule has 0 radical (unpaired) electrons. The molecule has 0 aliphatic rings. The van der Waals surface area contributed by atoms with Crippen LogP contribution in [-0.4, -0.2) is 56.7 Å². The number of nitrogens with two attached hydrogens (primary N) is 1. The van der Waals surface area contributed by atoms with Crippen LogP contribution in [0.2, 0.25) is 0 Å². The van der Waals surface area contributed by atoms with Gasteiger partial charge in [0.25, 0.3) is 5.56 Å². The molecule has 12 heteroatoms. The first-order valence-electron chi connectivity index (χ1n) is 10.8. The van der Waals surface area contributed by atoms with Crippen molar-refractivity contribution in [1.82, 2.24) is 24.7 Å². The van der Waals surface area contributed by atoms with Crippen LogP contribution in [-0.2, 0) is 16.1 Å². The average molecular weight is 488 g/mol. The Morgan fingerprint density at radius 2 is 2.00 bits per heavy atom. The van der Waals surface area contributed by atoms with Gasteiger partial charge in [0, 0.05) is 26.2 Å². The highest BCUT2D eigenvalue weighted by atomic mass is 32.2. The number of nitrogens with zero attached hydrogens (tertiary/aromatic N) is 4. The number of hydrogen-bond acceptors (Lipinski definition) is 8. The quantitative estimate of drug-likeness (QED) is 0.272. The van der Waals surface area contributed by atoms with Gasteiger partial charge in [-0.05, 0) is 12.0 Å². The van der Waals surface area contributed by atoms with Crippen LogP contribution in [0.1, 0.15) is 37.6 Å². The number of methoxy groups -OCH3 is 1. The Morgan fingerprint density at radius 3 is 2.65 bits per heavy atom. The summed E-state index contributed by atoms with van der Waals surface area (Å²) in [4.78, 5) is 46.5. The lowest BCUT2D eigenvalue weighted by Gasteiger charge is -2.24. The average Bonchev–Trinajstić information content (AvgIpc) is 3.29. The number of thioether (sulfide) groups is 1. The number of H-pyrrole nitrogens is 2. The van der Waals surface area contributed by atoms with Gasteiger partial charge >= 0.3 is 5.69 Å². The van der Waals surface area contributed by atoms with Crippen molar-refractivity contribution >= 4 is 29.2 Å². The number of nitrogens with one attached hydrogen (secondary N) is 2. The van der Waals surface area contributed by atoms with Crippen molar-refractivity contribution in [3.8, 4) is 0 Å². The van der Waals surface area contributed by atoms with Gasteiger partial charge in [-0.25, -0.2) is 9.78 Å². The first-order valence-corrected chi connectivity index (χ1v) is 11.8. The topological polar surface area (TPSA) is 152 Å². The van der Waals surface area contributed by atoms with Gasteiger partial charge in [-0.2, -0.15) is 0 Å². The Balaban J connectivity index is 1.90. The second-order valence-electron chi connectivity index (χ2n) is 7.90. The number of aromatic nitrogens is 5. The third-order valence-electron chi connectivity index (χ3n) is 5.05. The summed E-state index contributed by atoms with van der Waals surface area (Å²) < 4.78 is 6.35. The second kappa shape index (κ2) is 11.7. The van der Waals surface area contributed by atoms with Gasteiger partial charge in [0.2, 0.25) is 11.1 Å². The van der Waals surface area contributed by atoms with E-state index in [1.807, 2.05) is 44.2 Å². The number of amides is 1. The maximum Gasteiger partial charge on any atom is 0.330 e. The number of ether oxygens (including phenoxy) is 1. The van der Waals surface area contributed by atoms with Crippen LogP contribution >= 0.6 is 11.8 Å². The number of rotatable bonds is 11. The predicted molar refractivity (Wildman–Crippen MR) is 131 cm³/mol. The molecular weight excluding hydrogens is 458 g/mol. The number of benzene rings is 1. The minimum Gasteiger partial charge on any atom is -0.385 e.